The van der Waals surface area contributed by atoms with Crippen LogP contribution in [-0.2, 0) is 11.2 Å². The number of carbonyl (C=O) groups excluding carboxylic acids is 2. The molecule has 0 unspecified atom stereocenters. The molecule has 0 saturated heterocycles. The number of nitrogens with zero attached hydrogens (tertiary/aromatic N) is 2. The Kier molecular flexibility index (Phi) is 2.04. The Bertz CT molecular complexity index is 590. The Morgan fingerprint density at radius 1 is 1.24 bits per heavy atom. The van der Waals surface area contributed by atoms with E-state index < -0.39 is 0 Å². The number of fused-ring (bicyclic) bond motifs is 1. The lowest BCUT2D eigenvalue weighted by Crippen LogP contribution is -2.43. The van der Waals surface area contributed by atoms with Gasteiger partial charge in [0.25, 0.3) is 5.91 Å². The van der Waals surface area contributed by atoms with E-state index in [9.17, 15) is 9.59 Å². The summed E-state index contributed by atoms with van der Waals surface area (Å²) in [6.07, 6.45) is 3.31. The molecule has 1 aromatic heterocycles. The van der Waals surface area contributed by atoms with Gasteiger partial charge in [-0.25, -0.2) is 9.88 Å². The first kappa shape index (κ1) is 9.77. The van der Waals surface area contributed by atoms with Crippen LogP contribution in [0.2, 0.25) is 0 Å². The molecule has 2 heterocycles. The fraction of sp³-hybridized carbons (Fsp3) is 0.0833. The highest BCUT2D eigenvalue weighted by atomic mass is 16.2. The minimum atomic E-state index is -0.327. The van der Waals surface area contributed by atoms with Crippen LogP contribution in [0.1, 0.15) is 15.9 Å². The van der Waals surface area contributed by atoms with E-state index in [0.29, 0.717) is 5.56 Å². The first-order chi connectivity index (χ1) is 8.27. The van der Waals surface area contributed by atoms with E-state index in [0.717, 1.165) is 10.5 Å². The number of carbonyl (C=O) groups is 2. The number of amides is 2. The highest BCUT2D eigenvalue weighted by Crippen LogP contribution is 2.22. The van der Waals surface area contributed by atoms with E-state index in [1.165, 1.54) is 6.20 Å². The zero-order chi connectivity index (χ0) is 11.8. The van der Waals surface area contributed by atoms with Gasteiger partial charge in [-0.3, -0.25) is 9.59 Å². The zero-order valence-electron chi connectivity index (χ0n) is 8.88. The largest absolute Gasteiger partial charge is 0.330 e. The second kappa shape index (κ2) is 3.55. The van der Waals surface area contributed by atoms with Gasteiger partial charge in [-0.1, -0.05) is 18.2 Å². The molecular formula is C12H9N3O2. The fourth-order valence-corrected chi connectivity index (χ4v) is 1.95. The third-order valence-electron chi connectivity index (χ3n) is 2.74. The first-order valence-corrected chi connectivity index (χ1v) is 5.22. The molecule has 0 atom stereocenters. The number of rotatable bonds is 1. The Balaban J connectivity index is 2.10. The molecule has 1 aliphatic rings. The first-order valence-electron chi connectivity index (χ1n) is 5.22. The molecule has 0 fully saturated rings. The maximum Gasteiger partial charge on any atom is 0.267 e. The van der Waals surface area contributed by atoms with Crippen molar-refractivity contribution in [3.63, 3.8) is 0 Å². The molecule has 0 saturated carbocycles. The standard InChI is InChI=1S/C12H9N3O2/c16-10-7-8-3-1-2-4-9(8)11(17)15(10)12-13-5-6-14-12/h1-6H,7H2,(H,13,14). The molecule has 2 amide bonds. The molecule has 5 nitrogen and oxygen atoms in total. The minimum absolute atomic E-state index is 0.225. The maximum atomic E-state index is 12.2. The number of anilines is 1. The lowest BCUT2D eigenvalue weighted by atomic mass is 9.99. The lowest BCUT2D eigenvalue weighted by Gasteiger charge is -2.24. The van der Waals surface area contributed by atoms with Crippen molar-refractivity contribution in [3.8, 4) is 0 Å². The van der Waals surface area contributed by atoms with Crippen LogP contribution in [0.5, 0.6) is 0 Å². The Morgan fingerprint density at radius 3 is 2.82 bits per heavy atom. The van der Waals surface area contributed by atoms with Gasteiger partial charge in [-0.15, -0.1) is 0 Å². The highest BCUT2D eigenvalue weighted by Gasteiger charge is 2.33. The van der Waals surface area contributed by atoms with E-state index in [1.54, 1.807) is 24.4 Å². The van der Waals surface area contributed by atoms with Crippen LogP contribution in [0.15, 0.2) is 36.7 Å². The zero-order valence-corrected chi connectivity index (χ0v) is 8.88. The number of imidazole rings is 1. The SMILES string of the molecule is O=C1Cc2ccccc2C(=O)N1c1ncc[nH]1. The molecule has 1 aromatic carbocycles. The Labute approximate surface area is 97.1 Å². The number of benzene rings is 1. The average Bonchev–Trinajstić information content (AvgIpc) is 2.83. The lowest BCUT2D eigenvalue weighted by molar-refractivity contribution is -0.117. The normalized spacial score (nSPS) is 14.9. The highest BCUT2D eigenvalue weighted by molar-refractivity contribution is 6.23. The molecule has 0 radical (unpaired) electrons. The van der Waals surface area contributed by atoms with E-state index >= 15 is 0 Å². The summed E-state index contributed by atoms with van der Waals surface area (Å²) in [5.41, 5.74) is 1.33. The van der Waals surface area contributed by atoms with E-state index in [4.69, 9.17) is 0 Å². The second-order valence-corrected chi connectivity index (χ2v) is 3.78. The summed E-state index contributed by atoms with van der Waals surface area (Å²) >= 11 is 0. The maximum absolute atomic E-state index is 12.2. The van der Waals surface area contributed by atoms with Crippen molar-refractivity contribution < 1.29 is 9.59 Å². The van der Waals surface area contributed by atoms with Gasteiger partial charge in [-0.05, 0) is 11.6 Å². The number of hydrogen-bond acceptors (Lipinski definition) is 3. The van der Waals surface area contributed by atoms with Gasteiger partial charge in [0, 0.05) is 18.0 Å². The van der Waals surface area contributed by atoms with Gasteiger partial charge < -0.3 is 4.98 Å². The predicted octanol–water partition coefficient (Wildman–Crippen LogP) is 1.14. The molecule has 2 aromatic rings. The number of H-pyrrole nitrogens is 1. The van der Waals surface area contributed by atoms with Gasteiger partial charge in [0.2, 0.25) is 11.9 Å². The van der Waals surface area contributed by atoms with Crippen LogP contribution in [0.3, 0.4) is 0 Å². The second-order valence-electron chi connectivity index (χ2n) is 3.78. The van der Waals surface area contributed by atoms with Crippen LogP contribution >= 0.6 is 0 Å². The van der Waals surface area contributed by atoms with Crippen LogP contribution in [0, 0.1) is 0 Å². The van der Waals surface area contributed by atoms with Crippen molar-refractivity contribution in [1.29, 1.82) is 0 Å². The van der Waals surface area contributed by atoms with Gasteiger partial charge in [0.15, 0.2) is 0 Å². The summed E-state index contributed by atoms with van der Waals surface area (Å²) in [4.78, 5) is 31.9. The number of hydrogen-bond donors (Lipinski definition) is 1. The molecule has 17 heavy (non-hydrogen) atoms. The van der Waals surface area contributed by atoms with Gasteiger partial charge in [-0.2, -0.15) is 0 Å². The van der Waals surface area contributed by atoms with Crippen molar-refractivity contribution in [2.45, 2.75) is 6.42 Å². The van der Waals surface area contributed by atoms with Crippen LogP contribution < -0.4 is 4.90 Å². The number of aromatic amines is 1. The van der Waals surface area contributed by atoms with Gasteiger partial charge in [0.05, 0.1) is 6.42 Å². The fourth-order valence-electron chi connectivity index (χ4n) is 1.95. The van der Waals surface area contributed by atoms with Crippen molar-refractivity contribution in [2.24, 2.45) is 0 Å². The van der Waals surface area contributed by atoms with E-state index in [-0.39, 0.29) is 24.2 Å². The summed E-state index contributed by atoms with van der Waals surface area (Å²) in [7, 11) is 0. The quantitative estimate of drug-likeness (QED) is 0.743. The number of nitrogens with one attached hydrogen (secondary N) is 1. The summed E-state index contributed by atoms with van der Waals surface area (Å²) in [5, 5.41) is 0. The number of imide groups is 1. The monoisotopic (exact) mass is 227 g/mol. The van der Waals surface area contributed by atoms with Crippen LogP contribution in [0.4, 0.5) is 5.95 Å². The third-order valence-corrected chi connectivity index (χ3v) is 2.74. The molecule has 1 N–H and O–H groups in total. The molecule has 0 aliphatic carbocycles. The topological polar surface area (TPSA) is 66.1 Å². The Hall–Kier alpha value is -2.43. The van der Waals surface area contributed by atoms with Crippen LogP contribution in [0.25, 0.3) is 0 Å². The predicted molar refractivity (Wildman–Crippen MR) is 60.6 cm³/mol. The molecule has 5 heteroatoms. The van der Waals surface area contributed by atoms with Crippen LogP contribution in [-0.4, -0.2) is 21.8 Å². The molecule has 84 valence electrons. The van der Waals surface area contributed by atoms with E-state index in [1.807, 2.05) is 6.07 Å². The summed E-state index contributed by atoms with van der Waals surface area (Å²) < 4.78 is 0. The smallest absolute Gasteiger partial charge is 0.267 e. The summed E-state index contributed by atoms with van der Waals surface area (Å²) in [6, 6.07) is 7.12. The molecule has 0 bridgehead atoms. The molecular weight excluding hydrogens is 218 g/mol. The van der Waals surface area contributed by atoms with Gasteiger partial charge in [0.1, 0.15) is 0 Å². The number of aromatic nitrogens is 2. The van der Waals surface area contributed by atoms with Crippen molar-refractivity contribution in [2.75, 3.05) is 4.90 Å². The molecule has 1 aliphatic heterocycles. The van der Waals surface area contributed by atoms with E-state index in [2.05, 4.69) is 9.97 Å². The summed E-state index contributed by atoms with van der Waals surface area (Å²) in [5.74, 6) is -0.315. The van der Waals surface area contributed by atoms with Crippen molar-refractivity contribution in [1.82, 2.24) is 9.97 Å². The van der Waals surface area contributed by atoms with Gasteiger partial charge >= 0.3 is 0 Å². The van der Waals surface area contributed by atoms with Crippen molar-refractivity contribution >= 4 is 17.8 Å². The summed E-state index contributed by atoms with van der Waals surface area (Å²) in [6.45, 7) is 0. The Morgan fingerprint density at radius 2 is 2.06 bits per heavy atom. The molecule has 0 spiro atoms. The van der Waals surface area contributed by atoms with Crippen molar-refractivity contribution in [3.05, 3.63) is 47.8 Å². The average molecular weight is 227 g/mol. The third kappa shape index (κ3) is 1.44. The molecule has 3 rings (SSSR count). The minimum Gasteiger partial charge on any atom is -0.330 e.